The Kier molecular flexibility index (Phi) is 8.34. The molecule has 184 valence electrons. The van der Waals surface area contributed by atoms with Crippen molar-refractivity contribution in [3.8, 4) is 5.75 Å². The van der Waals surface area contributed by atoms with Crippen molar-refractivity contribution in [3.63, 3.8) is 0 Å². The first-order chi connectivity index (χ1) is 16.6. The van der Waals surface area contributed by atoms with E-state index in [9.17, 15) is 19.7 Å². The fourth-order valence-corrected chi connectivity index (χ4v) is 3.58. The standard InChI is InChI=1S/C24H25BrN4O6/c1-5-15(4)23-27-20-8-6-17(25)11-19(20)24(31)28(23)26-12-16-10-18(29(32)33)7-9-21(16)34-13-22(30)35-14(2)3/h6-12,14-15H,5,13H2,1-4H3/t15-/m1/s1. The predicted octanol–water partition coefficient (Wildman–Crippen LogP) is 4.79. The molecule has 0 amide bonds. The molecule has 1 atom stereocenters. The van der Waals surface area contributed by atoms with Crippen molar-refractivity contribution < 1.29 is 19.2 Å². The second kappa shape index (κ2) is 11.2. The summed E-state index contributed by atoms with van der Waals surface area (Å²) in [5.41, 5.74) is 0.186. The quantitative estimate of drug-likeness (QED) is 0.164. The highest BCUT2D eigenvalue weighted by molar-refractivity contribution is 9.10. The zero-order chi connectivity index (χ0) is 25.7. The minimum absolute atomic E-state index is 0.0838. The molecule has 0 saturated heterocycles. The van der Waals surface area contributed by atoms with E-state index in [1.54, 1.807) is 32.0 Å². The number of non-ortho nitro benzene ring substituents is 1. The van der Waals surface area contributed by atoms with Gasteiger partial charge in [-0.1, -0.05) is 29.8 Å². The summed E-state index contributed by atoms with van der Waals surface area (Å²) >= 11 is 3.37. The summed E-state index contributed by atoms with van der Waals surface area (Å²) in [7, 11) is 0. The van der Waals surface area contributed by atoms with Crippen LogP contribution in [0.15, 0.2) is 50.8 Å². The highest BCUT2D eigenvalue weighted by Crippen LogP contribution is 2.24. The van der Waals surface area contributed by atoms with Gasteiger partial charge in [0.25, 0.3) is 11.2 Å². The Morgan fingerprint density at radius 1 is 1.26 bits per heavy atom. The summed E-state index contributed by atoms with van der Waals surface area (Å²) in [6, 6.07) is 9.11. The van der Waals surface area contributed by atoms with Gasteiger partial charge in [0.2, 0.25) is 0 Å². The molecule has 0 spiro atoms. The molecule has 0 aliphatic rings. The number of nitrogens with zero attached hydrogens (tertiary/aromatic N) is 4. The molecular formula is C24H25BrN4O6. The Balaban J connectivity index is 2.09. The molecule has 35 heavy (non-hydrogen) atoms. The zero-order valence-electron chi connectivity index (χ0n) is 19.7. The van der Waals surface area contributed by atoms with Crippen LogP contribution >= 0.6 is 15.9 Å². The van der Waals surface area contributed by atoms with E-state index in [0.717, 1.165) is 4.47 Å². The summed E-state index contributed by atoms with van der Waals surface area (Å²) in [6.45, 7) is 6.94. The van der Waals surface area contributed by atoms with Crippen LogP contribution in [0.4, 0.5) is 5.69 Å². The lowest BCUT2D eigenvalue weighted by molar-refractivity contribution is -0.384. The van der Waals surface area contributed by atoms with Crippen LogP contribution in [0.25, 0.3) is 10.9 Å². The van der Waals surface area contributed by atoms with Gasteiger partial charge < -0.3 is 9.47 Å². The highest BCUT2D eigenvalue weighted by atomic mass is 79.9. The number of carbonyl (C=O) groups excluding carboxylic acids is 1. The van der Waals surface area contributed by atoms with Gasteiger partial charge in [0.1, 0.15) is 11.6 Å². The molecule has 11 heteroatoms. The molecule has 0 radical (unpaired) electrons. The first kappa shape index (κ1) is 26.0. The van der Waals surface area contributed by atoms with E-state index in [1.165, 1.54) is 29.1 Å². The molecule has 3 rings (SSSR count). The van der Waals surface area contributed by atoms with Gasteiger partial charge >= 0.3 is 5.97 Å². The molecule has 0 aliphatic heterocycles. The number of hydrogen-bond donors (Lipinski definition) is 0. The monoisotopic (exact) mass is 544 g/mol. The summed E-state index contributed by atoms with van der Waals surface area (Å²) in [5, 5.41) is 16.0. The first-order valence-electron chi connectivity index (χ1n) is 11.0. The maximum Gasteiger partial charge on any atom is 0.344 e. The van der Waals surface area contributed by atoms with Crippen LogP contribution < -0.4 is 10.3 Å². The Bertz CT molecular complexity index is 1350. The third-order valence-electron chi connectivity index (χ3n) is 5.12. The van der Waals surface area contributed by atoms with Crippen LogP contribution in [0.2, 0.25) is 0 Å². The number of aromatic nitrogens is 2. The van der Waals surface area contributed by atoms with Gasteiger partial charge in [0.15, 0.2) is 6.61 Å². The van der Waals surface area contributed by atoms with Crippen LogP contribution in [0, 0.1) is 10.1 Å². The van der Waals surface area contributed by atoms with Crippen LogP contribution in [0.5, 0.6) is 5.75 Å². The Hall–Kier alpha value is -3.60. The smallest absolute Gasteiger partial charge is 0.344 e. The van der Waals surface area contributed by atoms with E-state index < -0.39 is 10.9 Å². The fraction of sp³-hybridized carbons (Fsp3) is 0.333. The van der Waals surface area contributed by atoms with E-state index in [0.29, 0.717) is 23.1 Å². The summed E-state index contributed by atoms with van der Waals surface area (Å²) in [5.74, 6) is -0.0352. The molecule has 0 saturated carbocycles. The van der Waals surface area contributed by atoms with Crippen LogP contribution in [-0.2, 0) is 9.53 Å². The molecular weight excluding hydrogens is 520 g/mol. The summed E-state index contributed by atoms with van der Waals surface area (Å²) < 4.78 is 12.5. The summed E-state index contributed by atoms with van der Waals surface area (Å²) in [4.78, 5) is 40.6. The topological polar surface area (TPSA) is 126 Å². The third-order valence-corrected chi connectivity index (χ3v) is 5.61. The van der Waals surface area contributed by atoms with Gasteiger partial charge in [-0.2, -0.15) is 9.78 Å². The lowest BCUT2D eigenvalue weighted by Gasteiger charge is -2.14. The largest absolute Gasteiger partial charge is 0.481 e. The van der Waals surface area contributed by atoms with E-state index in [2.05, 4.69) is 26.0 Å². The molecule has 3 aromatic rings. The number of ether oxygens (including phenoxy) is 2. The van der Waals surface area contributed by atoms with Crippen LogP contribution in [-0.4, -0.2) is 39.5 Å². The van der Waals surface area contributed by atoms with E-state index in [4.69, 9.17) is 9.47 Å². The van der Waals surface area contributed by atoms with Crippen molar-refractivity contribution >= 4 is 44.7 Å². The Morgan fingerprint density at radius 2 is 2.00 bits per heavy atom. The molecule has 0 unspecified atom stereocenters. The average Bonchev–Trinajstić information content (AvgIpc) is 2.81. The summed E-state index contributed by atoms with van der Waals surface area (Å²) in [6.07, 6.45) is 1.69. The minimum Gasteiger partial charge on any atom is -0.481 e. The molecule has 0 N–H and O–H groups in total. The van der Waals surface area contributed by atoms with Crippen LogP contribution in [0.3, 0.4) is 0 Å². The Labute approximate surface area is 209 Å². The molecule has 1 heterocycles. The molecule has 1 aromatic heterocycles. The molecule has 0 fully saturated rings. The maximum absolute atomic E-state index is 13.3. The van der Waals surface area contributed by atoms with Gasteiger partial charge in [-0.15, -0.1) is 0 Å². The van der Waals surface area contributed by atoms with Gasteiger partial charge in [-0.25, -0.2) is 9.78 Å². The molecule has 0 bridgehead atoms. The van der Waals surface area contributed by atoms with Gasteiger partial charge in [0, 0.05) is 28.1 Å². The number of nitro benzene ring substituents is 1. The lowest BCUT2D eigenvalue weighted by Crippen LogP contribution is -2.24. The van der Waals surface area contributed by atoms with Gasteiger partial charge in [-0.05, 0) is 44.5 Å². The number of carbonyl (C=O) groups is 1. The van der Waals surface area contributed by atoms with Crippen molar-refractivity contribution in [3.05, 3.63) is 72.7 Å². The predicted molar refractivity (Wildman–Crippen MR) is 135 cm³/mol. The Morgan fingerprint density at radius 3 is 2.66 bits per heavy atom. The molecule has 0 aliphatic carbocycles. The number of esters is 1. The fourth-order valence-electron chi connectivity index (χ4n) is 3.21. The van der Waals surface area contributed by atoms with Crippen molar-refractivity contribution in [1.29, 1.82) is 0 Å². The zero-order valence-corrected chi connectivity index (χ0v) is 21.3. The van der Waals surface area contributed by atoms with E-state index in [1.807, 2.05) is 13.8 Å². The van der Waals surface area contributed by atoms with Crippen LogP contribution in [0.1, 0.15) is 51.4 Å². The first-order valence-corrected chi connectivity index (χ1v) is 11.8. The van der Waals surface area contributed by atoms with Crippen molar-refractivity contribution in [2.75, 3.05) is 6.61 Å². The van der Waals surface area contributed by atoms with Gasteiger partial charge in [0.05, 0.1) is 28.1 Å². The third kappa shape index (κ3) is 6.30. The number of nitro groups is 1. The van der Waals surface area contributed by atoms with E-state index >= 15 is 0 Å². The number of benzene rings is 2. The number of hydrogen-bond acceptors (Lipinski definition) is 8. The molecule has 10 nitrogen and oxygen atoms in total. The maximum atomic E-state index is 13.3. The van der Waals surface area contributed by atoms with Gasteiger partial charge in [-0.3, -0.25) is 14.9 Å². The van der Waals surface area contributed by atoms with Crippen molar-refractivity contribution in [2.24, 2.45) is 5.10 Å². The number of fused-ring (bicyclic) bond motifs is 1. The second-order valence-electron chi connectivity index (χ2n) is 8.11. The number of rotatable bonds is 9. The van der Waals surface area contributed by atoms with Crippen molar-refractivity contribution in [1.82, 2.24) is 9.66 Å². The highest BCUT2D eigenvalue weighted by Gasteiger charge is 2.17. The number of halogens is 1. The molecule has 2 aromatic carbocycles. The lowest BCUT2D eigenvalue weighted by atomic mass is 10.1. The van der Waals surface area contributed by atoms with E-state index in [-0.39, 0.29) is 41.2 Å². The van der Waals surface area contributed by atoms with Crippen molar-refractivity contribution in [2.45, 2.75) is 46.1 Å². The minimum atomic E-state index is -0.583. The second-order valence-corrected chi connectivity index (χ2v) is 9.02. The average molecular weight is 545 g/mol. The SMILES string of the molecule is CC[C@@H](C)c1nc2ccc(Br)cc2c(=O)n1N=Cc1cc([N+](=O)[O-])ccc1OCC(=O)OC(C)C. The normalized spacial score (nSPS) is 12.3.